The lowest BCUT2D eigenvalue weighted by molar-refractivity contribution is -0.132. The van der Waals surface area contributed by atoms with E-state index in [9.17, 15) is 14.4 Å². The minimum atomic E-state index is -1.16. The molecule has 0 fully saturated rings. The summed E-state index contributed by atoms with van der Waals surface area (Å²) in [5.41, 5.74) is 2.16. The van der Waals surface area contributed by atoms with Crippen LogP contribution < -0.4 is 15.4 Å². The van der Waals surface area contributed by atoms with Gasteiger partial charge in [0.15, 0.2) is 5.69 Å². The number of hydrogen-bond donors (Lipinski definition) is 2. The van der Waals surface area contributed by atoms with Crippen LogP contribution in [-0.4, -0.2) is 51.6 Å². The van der Waals surface area contributed by atoms with Crippen molar-refractivity contribution in [3.63, 3.8) is 0 Å². The fraction of sp³-hybridized carbons (Fsp3) is 0.333. The number of carbonyl (C=O) groups excluding carboxylic acids is 3. The number of amides is 3. The number of carbonyl (C=O) groups is 3. The lowest BCUT2D eigenvalue weighted by Crippen LogP contribution is -2.62. The van der Waals surface area contributed by atoms with Crippen LogP contribution in [0.1, 0.15) is 51.5 Å². The molecule has 3 aromatic rings. The number of nitrogens with zero attached hydrogens (tertiary/aromatic N) is 3. The normalized spacial score (nSPS) is 16.9. The van der Waals surface area contributed by atoms with Gasteiger partial charge in [-0.3, -0.25) is 19.1 Å². The molecule has 0 aliphatic carbocycles. The van der Waals surface area contributed by atoms with Gasteiger partial charge in [-0.05, 0) is 32.4 Å². The van der Waals surface area contributed by atoms with E-state index < -0.39 is 11.4 Å². The third-order valence-electron chi connectivity index (χ3n) is 6.51. The first kappa shape index (κ1) is 25.0. The fourth-order valence-electron chi connectivity index (χ4n) is 4.13. The van der Waals surface area contributed by atoms with Gasteiger partial charge in [0.1, 0.15) is 17.0 Å². The Morgan fingerprint density at radius 3 is 2.53 bits per heavy atom. The van der Waals surface area contributed by atoms with Gasteiger partial charge in [0.2, 0.25) is 5.91 Å². The van der Waals surface area contributed by atoms with Crippen LogP contribution in [0.3, 0.4) is 0 Å². The molecule has 0 unspecified atom stereocenters. The molecule has 3 amide bonds. The summed E-state index contributed by atoms with van der Waals surface area (Å²) in [5.74, 6) is -0.376. The first-order valence-corrected chi connectivity index (χ1v) is 11.9. The third kappa shape index (κ3) is 4.95. The number of aromatic nitrogens is 2. The smallest absolute Gasteiger partial charge is 0.272 e. The molecule has 0 spiro atoms. The second-order valence-electron chi connectivity index (χ2n) is 9.10. The van der Waals surface area contributed by atoms with E-state index in [0.717, 1.165) is 16.7 Å². The quantitative estimate of drug-likeness (QED) is 0.506. The number of hydrogen-bond acceptors (Lipinski definition) is 5. The summed E-state index contributed by atoms with van der Waals surface area (Å²) in [6.07, 6.45) is 0. The first-order valence-electron chi connectivity index (χ1n) is 11.9. The van der Waals surface area contributed by atoms with E-state index in [1.807, 2.05) is 62.4 Å². The predicted molar refractivity (Wildman–Crippen MR) is 135 cm³/mol. The molecule has 2 heterocycles. The van der Waals surface area contributed by atoms with Crippen molar-refractivity contribution >= 4 is 17.7 Å². The zero-order valence-corrected chi connectivity index (χ0v) is 21.0. The van der Waals surface area contributed by atoms with Crippen molar-refractivity contribution < 1.29 is 19.1 Å². The molecule has 9 nitrogen and oxygen atoms in total. The van der Waals surface area contributed by atoms with Gasteiger partial charge in [-0.2, -0.15) is 5.10 Å². The molecule has 1 aliphatic rings. The predicted octanol–water partition coefficient (Wildman–Crippen LogP) is 2.68. The van der Waals surface area contributed by atoms with E-state index in [0.29, 0.717) is 18.9 Å². The van der Waals surface area contributed by atoms with Crippen LogP contribution in [0.4, 0.5) is 0 Å². The van der Waals surface area contributed by atoms with Crippen molar-refractivity contribution in [3.05, 3.63) is 82.7 Å². The van der Waals surface area contributed by atoms with Crippen molar-refractivity contribution in [1.82, 2.24) is 25.3 Å². The topological polar surface area (TPSA) is 106 Å². The summed E-state index contributed by atoms with van der Waals surface area (Å²) in [6.45, 7) is 6.85. The van der Waals surface area contributed by atoms with Crippen LogP contribution in [0, 0.1) is 6.92 Å². The average molecular weight is 490 g/mol. The summed E-state index contributed by atoms with van der Waals surface area (Å²) < 4.78 is 7.05. The standard InChI is InChI=1S/C27H31N5O4/c1-5-36-23-9-7-6-8-20(23)16-28-24(33)21-14-22-25(34)31(4)27(3,17-32(22)30-21)26(35)29-15-19-12-10-18(2)11-13-19/h6-14H,5,15-17H2,1-4H3,(H,28,33)(H,29,35)/t27-/m0/s1. The number of aryl methyl sites for hydroxylation is 1. The van der Waals surface area contributed by atoms with E-state index in [2.05, 4.69) is 15.7 Å². The zero-order chi connectivity index (χ0) is 25.9. The van der Waals surface area contributed by atoms with Gasteiger partial charge in [-0.25, -0.2) is 0 Å². The Hall–Kier alpha value is -4.14. The van der Waals surface area contributed by atoms with Gasteiger partial charge >= 0.3 is 0 Å². The highest BCUT2D eigenvalue weighted by Gasteiger charge is 2.46. The number of nitrogens with one attached hydrogen (secondary N) is 2. The van der Waals surface area contributed by atoms with Crippen molar-refractivity contribution in [1.29, 1.82) is 0 Å². The Bertz CT molecular complexity index is 1280. The van der Waals surface area contributed by atoms with E-state index in [1.54, 1.807) is 14.0 Å². The van der Waals surface area contributed by atoms with Gasteiger partial charge < -0.3 is 20.3 Å². The van der Waals surface area contributed by atoms with Crippen LogP contribution in [-0.2, 0) is 24.4 Å². The van der Waals surface area contributed by atoms with E-state index in [1.165, 1.54) is 15.6 Å². The molecule has 1 aromatic heterocycles. The molecule has 1 atom stereocenters. The van der Waals surface area contributed by atoms with E-state index >= 15 is 0 Å². The molecule has 0 saturated heterocycles. The SMILES string of the molecule is CCOc1ccccc1CNC(=O)c1cc2n(n1)C[C@@](C)(C(=O)NCc1ccc(C)cc1)N(C)C2=O. The molecule has 2 aromatic carbocycles. The Labute approximate surface area is 210 Å². The molecule has 0 saturated carbocycles. The fourth-order valence-corrected chi connectivity index (χ4v) is 4.13. The van der Waals surface area contributed by atoms with Crippen molar-refractivity contribution in [2.24, 2.45) is 0 Å². The maximum absolute atomic E-state index is 13.2. The highest BCUT2D eigenvalue weighted by Crippen LogP contribution is 2.26. The van der Waals surface area contributed by atoms with Crippen molar-refractivity contribution in [2.75, 3.05) is 13.7 Å². The maximum Gasteiger partial charge on any atom is 0.272 e. The molecule has 2 N–H and O–H groups in total. The van der Waals surface area contributed by atoms with E-state index in [4.69, 9.17) is 4.74 Å². The molecular formula is C27H31N5O4. The number of ether oxygens (including phenoxy) is 1. The lowest BCUT2D eigenvalue weighted by Gasteiger charge is -2.40. The summed E-state index contributed by atoms with van der Waals surface area (Å²) in [5, 5.41) is 10.1. The Balaban J connectivity index is 1.46. The van der Waals surface area contributed by atoms with Gasteiger partial charge in [0, 0.05) is 31.8 Å². The Morgan fingerprint density at radius 2 is 1.81 bits per heavy atom. The molecule has 1 aliphatic heterocycles. The summed E-state index contributed by atoms with van der Waals surface area (Å²) >= 11 is 0. The maximum atomic E-state index is 13.2. The molecule has 0 radical (unpaired) electrons. The van der Waals surface area contributed by atoms with Crippen LogP contribution in [0.2, 0.25) is 0 Å². The second-order valence-corrected chi connectivity index (χ2v) is 9.10. The van der Waals surface area contributed by atoms with Crippen molar-refractivity contribution in [2.45, 2.75) is 45.9 Å². The molecule has 36 heavy (non-hydrogen) atoms. The van der Waals surface area contributed by atoms with Crippen molar-refractivity contribution in [3.8, 4) is 5.75 Å². The molecular weight excluding hydrogens is 458 g/mol. The van der Waals surface area contributed by atoms with Gasteiger partial charge in [-0.1, -0.05) is 48.0 Å². The number of benzene rings is 2. The Kier molecular flexibility index (Phi) is 7.10. The second kappa shape index (κ2) is 10.2. The monoisotopic (exact) mass is 489 g/mol. The Morgan fingerprint density at radius 1 is 1.08 bits per heavy atom. The van der Waals surface area contributed by atoms with E-state index in [-0.39, 0.29) is 36.3 Å². The van der Waals surface area contributed by atoms with Gasteiger partial charge in [0.25, 0.3) is 11.8 Å². The number of likely N-dealkylation sites (N-methyl/N-ethyl adjacent to an activating group) is 1. The molecule has 4 rings (SSSR count). The van der Waals surface area contributed by atoms with Crippen LogP contribution in [0.5, 0.6) is 5.75 Å². The summed E-state index contributed by atoms with van der Waals surface area (Å²) in [7, 11) is 1.59. The molecule has 0 bridgehead atoms. The first-order chi connectivity index (χ1) is 17.2. The number of fused-ring (bicyclic) bond motifs is 1. The third-order valence-corrected chi connectivity index (χ3v) is 6.51. The minimum Gasteiger partial charge on any atom is -0.494 e. The number of rotatable bonds is 8. The lowest BCUT2D eigenvalue weighted by atomic mass is 9.95. The van der Waals surface area contributed by atoms with Crippen LogP contribution in [0.15, 0.2) is 54.6 Å². The molecule has 9 heteroatoms. The average Bonchev–Trinajstić information content (AvgIpc) is 3.30. The minimum absolute atomic E-state index is 0.116. The van der Waals surface area contributed by atoms with Crippen LogP contribution in [0.25, 0.3) is 0 Å². The highest BCUT2D eigenvalue weighted by molar-refractivity contribution is 6.01. The largest absolute Gasteiger partial charge is 0.494 e. The number of para-hydroxylation sites is 1. The van der Waals surface area contributed by atoms with Crippen LogP contribution >= 0.6 is 0 Å². The highest BCUT2D eigenvalue weighted by atomic mass is 16.5. The zero-order valence-electron chi connectivity index (χ0n) is 21.0. The summed E-state index contributed by atoms with van der Waals surface area (Å²) in [4.78, 5) is 40.5. The summed E-state index contributed by atoms with van der Waals surface area (Å²) in [6, 6.07) is 16.8. The van der Waals surface area contributed by atoms with Gasteiger partial charge in [-0.15, -0.1) is 0 Å². The van der Waals surface area contributed by atoms with Gasteiger partial charge in [0.05, 0.1) is 13.2 Å². The molecule has 188 valence electrons.